The van der Waals surface area contributed by atoms with Gasteiger partial charge in [0, 0.05) is 11.8 Å². The van der Waals surface area contributed by atoms with Crippen molar-refractivity contribution in [1.29, 1.82) is 0 Å². The van der Waals surface area contributed by atoms with Crippen molar-refractivity contribution in [3.63, 3.8) is 0 Å². The molecule has 4 aromatic rings. The zero-order valence-corrected chi connectivity index (χ0v) is 15.5. The summed E-state index contributed by atoms with van der Waals surface area (Å²) in [6.07, 6.45) is 2.57. The van der Waals surface area contributed by atoms with Gasteiger partial charge in [-0.2, -0.15) is 4.98 Å². The number of H-pyrrole nitrogens is 1. The van der Waals surface area contributed by atoms with Gasteiger partial charge in [0.15, 0.2) is 22.4 Å². The Balaban J connectivity index is 1.48. The van der Waals surface area contributed by atoms with E-state index in [2.05, 4.69) is 34.1 Å². The average molecular weight is 382 g/mol. The van der Waals surface area contributed by atoms with E-state index in [1.54, 1.807) is 22.9 Å². The zero-order chi connectivity index (χ0) is 18.6. The van der Waals surface area contributed by atoms with E-state index < -0.39 is 0 Å². The molecule has 0 atom stereocenters. The summed E-state index contributed by atoms with van der Waals surface area (Å²) in [6, 6.07) is 13.1. The highest BCUT2D eigenvalue weighted by atomic mass is 32.2. The van der Waals surface area contributed by atoms with Crippen molar-refractivity contribution in [2.75, 3.05) is 12.4 Å². The molecule has 27 heavy (non-hydrogen) atoms. The minimum atomic E-state index is -0.227. The third-order valence-corrected chi connectivity index (χ3v) is 4.88. The van der Waals surface area contributed by atoms with Crippen LogP contribution in [0.4, 0.5) is 0 Å². The maximum atomic E-state index is 11.7. The fourth-order valence-electron chi connectivity index (χ4n) is 2.61. The van der Waals surface area contributed by atoms with Crippen LogP contribution in [0.15, 0.2) is 63.1 Å². The smallest absolute Gasteiger partial charge is 0.266 e. The molecular weight excluding hydrogens is 364 g/mol. The number of fused-ring (bicyclic) bond motifs is 1. The van der Waals surface area contributed by atoms with E-state index in [4.69, 9.17) is 9.15 Å². The van der Waals surface area contributed by atoms with Crippen LogP contribution in [-0.4, -0.2) is 31.9 Å². The Bertz CT molecular complexity index is 1080. The van der Waals surface area contributed by atoms with E-state index in [0.29, 0.717) is 34.7 Å². The minimum Gasteiger partial charge on any atom is -0.493 e. The molecule has 0 aliphatic heterocycles. The van der Waals surface area contributed by atoms with Crippen LogP contribution in [0.25, 0.3) is 17.2 Å². The first-order valence-corrected chi connectivity index (χ1v) is 9.60. The van der Waals surface area contributed by atoms with E-state index in [1.165, 1.54) is 23.4 Å². The molecule has 0 amide bonds. The lowest BCUT2D eigenvalue weighted by Gasteiger charge is -2.08. The predicted molar refractivity (Wildman–Crippen MR) is 103 cm³/mol. The highest BCUT2D eigenvalue weighted by Crippen LogP contribution is 2.22. The van der Waals surface area contributed by atoms with Gasteiger partial charge in [-0.25, -0.2) is 9.50 Å². The van der Waals surface area contributed by atoms with E-state index in [9.17, 15) is 4.79 Å². The molecule has 138 valence electrons. The van der Waals surface area contributed by atoms with Crippen molar-refractivity contribution in [3.8, 4) is 17.3 Å². The molecule has 0 radical (unpaired) electrons. The second-order valence-electron chi connectivity index (χ2n) is 5.82. The number of thioether (sulfide) groups is 1. The molecule has 0 spiro atoms. The van der Waals surface area contributed by atoms with E-state index >= 15 is 0 Å². The fraction of sp³-hybridized carbons (Fsp3) is 0.211. The predicted octanol–water partition coefficient (Wildman–Crippen LogP) is 3.41. The SMILES string of the molecule is CCc1ccc(OCCSc2nc(-c3ccco3)nc3cc(=O)[nH]n23)cc1. The van der Waals surface area contributed by atoms with Gasteiger partial charge >= 0.3 is 0 Å². The highest BCUT2D eigenvalue weighted by Gasteiger charge is 2.13. The number of benzene rings is 1. The highest BCUT2D eigenvalue weighted by molar-refractivity contribution is 7.99. The number of hydrogen-bond donors (Lipinski definition) is 1. The second kappa shape index (κ2) is 7.71. The Morgan fingerprint density at radius 3 is 2.81 bits per heavy atom. The fourth-order valence-corrected chi connectivity index (χ4v) is 3.38. The summed E-state index contributed by atoms with van der Waals surface area (Å²) < 4.78 is 12.7. The second-order valence-corrected chi connectivity index (χ2v) is 6.88. The Morgan fingerprint density at radius 2 is 2.07 bits per heavy atom. The Labute approximate surface area is 159 Å². The van der Waals surface area contributed by atoms with Gasteiger partial charge in [-0.1, -0.05) is 30.8 Å². The monoisotopic (exact) mass is 382 g/mol. The minimum absolute atomic E-state index is 0.227. The number of ether oxygens (including phenoxy) is 1. The molecule has 0 aliphatic rings. The summed E-state index contributed by atoms with van der Waals surface area (Å²) in [5, 5.41) is 3.34. The van der Waals surface area contributed by atoms with E-state index in [0.717, 1.165) is 12.2 Å². The molecule has 7 nitrogen and oxygen atoms in total. The lowest BCUT2D eigenvalue weighted by molar-refractivity contribution is 0.343. The number of nitrogens with zero attached hydrogens (tertiary/aromatic N) is 3. The van der Waals surface area contributed by atoms with Crippen LogP contribution in [0, 0.1) is 0 Å². The summed E-state index contributed by atoms with van der Waals surface area (Å²) in [6.45, 7) is 2.64. The third kappa shape index (κ3) is 3.90. The normalized spacial score (nSPS) is 11.1. The van der Waals surface area contributed by atoms with Crippen LogP contribution in [0.2, 0.25) is 0 Å². The number of nitrogens with one attached hydrogen (secondary N) is 1. The van der Waals surface area contributed by atoms with Gasteiger partial charge in [-0.15, -0.1) is 0 Å². The molecule has 1 aromatic carbocycles. The van der Waals surface area contributed by atoms with Gasteiger partial charge in [0.2, 0.25) is 0 Å². The van der Waals surface area contributed by atoms with Gasteiger partial charge in [0.05, 0.1) is 12.9 Å². The average Bonchev–Trinajstić information content (AvgIpc) is 3.34. The van der Waals surface area contributed by atoms with Crippen LogP contribution in [0.5, 0.6) is 5.75 Å². The van der Waals surface area contributed by atoms with E-state index in [-0.39, 0.29) is 5.56 Å². The molecule has 0 aliphatic carbocycles. The quantitative estimate of drug-likeness (QED) is 0.389. The molecular formula is C19H18N4O3S. The summed E-state index contributed by atoms with van der Waals surface area (Å²) >= 11 is 1.48. The number of furan rings is 1. The molecule has 8 heteroatoms. The van der Waals surface area contributed by atoms with Crippen LogP contribution in [-0.2, 0) is 6.42 Å². The van der Waals surface area contributed by atoms with Gasteiger partial charge in [0.1, 0.15) is 5.75 Å². The maximum absolute atomic E-state index is 11.7. The van der Waals surface area contributed by atoms with Crippen LogP contribution in [0.3, 0.4) is 0 Å². The Morgan fingerprint density at radius 1 is 1.22 bits per heavy atom. The van der Waals surface area contributed by atoms with Crippen LogP contribution >= 0.6 is 11.8 Å². The summed E-state index contributed by atoms with van der Waals surface area (Å²) in [4.78, 5) is 20.6. The molecule has 3 aromatic heterocycles. The first-order valence-electron chi connectivity index (χ1n) is 8.61. The number of aryl methyl sites for hydroxylation is 1. The number of aromatic nitrogens is 4. The molecule has 0 saturated heterocycles. The molecule has 0 fully saturated rings. The van der Waals surface area contributed by atoms with Gasteiger partial charge in [-0.05, 0) is 36.2 Å². The Kier molecular flexibility index (Phi) is 4.97. The molecule has 3 heterocycles. The van der Waals surface area contributed by atoms with Gasteiger partial charge < -0.3 is 9.15 Å². The third-order valence-electron chi connectivity index (χ3n) is 3.98. The summed E-state index contributed by atoms with van der Waals surface area (Å²) in [5.74, 6) is 2.50. The Hall–Kier alpha value is -3.00. The molecule has 4 rings (SSSR count). The largest absolute Gasteiger partial charge is 0.493 e. The molecule has 0 unspecified atom stereocenters. The van der Waals surface area contributed by atoms with Gasteiger partial charge in [-0.3, -0.25) is 9.89 Å². The van der Waals surface area contributed by atoms with E-state index in [1.807, 2.05) is 12.1 Å². The van der Waals surface area contributed by atoms with Crippen molar-refractivity contribution in [2.24, 2.45) is 0 Å². The van der Waals surface area contributed by atoms with Crippen molar-refractivity contribution in [1.82, 2.24) is 19.6 Å². The molecule has 0 bridgehead atoms. The lowest BCUT2D eigenvalue weighted by Crippen LogP contribution is -2.06. The first-order chi connectivity index (χ1) is 13.2. The number of aromatic amines is 1. The zero-order valence-electron chi connectivity index (χ0n) is 14.7. The van der Waals surface area contributed by atoms with Crippen molar-refractivity contribution < 1.29 is 9.15 Å². The summed E-state index contributed by atoms with van der Waals surface area (Å²) in [5.41, 5.74) is 1.55. The lowest BCUT2D eigenvalue weighted by atomic mass is 10.2. The van der Waals surface area contributed by atoms with Crippen molar-refractivity contribution >= 4 is 17.4 Å². The molecule has 0 saturated carbocycles. The standard InChI is InChI=1S/C19H18N4O3S/c1-2-13-5-7-14(8-6-13)25-10-11-27-19-21-18(15-4-3-9-26-15)20-16-12-17(24)22-23(16)19/h3-9,12H,2,10-11H2,1H3,(H,22,24). The number of rotatable bonds is 7. The molecule has 1 N–H and O–H groups in total. The first kappa shape index (κ1) is 17.4. The van der Waals surface area contributed by atoms with Gasteiger partial charge in [0.25, 0.3) is 5.56 Å². The van der Waals surface area contributed by atoms with Crippen LogP contribution in [0.1, 0.15) is 12.5 Å². The maximum Gasteiger partial charge on any atom is 0.266 e. The van der Waals surface area contributed by atoms with Crippen molar-refractivity contribution in [3.05, 3.63) is 64.6 Å². The van der Waals surface area contributed by atoms with Crippen molar-refractivity contribution in [2.45, 2.75) is 18.5 Å². The summed E-state index contributed by atoms with van der Waals surface area (Å²) in [7, 11) is 0. The number of hydrogen-bond acceptors (Lipinski definition) is 6. The topological polar surface area (TPSA) is 85.4 Å². The van der Waals surface area contributed by atoms with Crippen LogP contribution < -0.4 is 10.3 Å².